The minimum absolute atomic E-state index is 0.722. The van der Waals surface area contributed by atoms with Crippen LogP contribution in [0.2, 0.25) is 0 Å². The topological polar surface area (TPSA) is 9.23 Å². The Kier molecular flexibility index (Phi) is 2.96. The Morgan fingerprint density at radius 2 is 2.29 bits per heavy atom. The molecule has 0 heterocycles. The highest BCUT2D eigenvalue weighted by molar-refractivity contribution is 5.05. The molecule has 1 nitrogen and oxygen atoms in total. The van der Waals surface area contributed by atoms with Crippen LogP contribution in [0.25, 0.3) is 0 Å². The monoisotopic (exact) mass is 194 g/mol. The second kappa shape index (κ2) is 4.06. The van der Waals surface area contributed by atoms with Gasteiger partial charge in [-0.3, -0.25) is 0 Å². The van der Waals surface area contributed by atoms with Crippen LogP contribution in [0.5, 0.6) is 0 Å². The molecule has 0 N–H and O–H groups in total. The number of ether oxygens (including phenoxy) is 1. The van der Waals surface area contributed by atoms with E-state index in [0.717, 1.165) is 42.8 Å². The molecule has 1 heteroatoms. The van der Waals surface area contributed by atoms with Gasteiger partial charge in [0.05, 0.1) is 13.2 Å². The Hall–Kier alpha value is -0.300. The zero-order valence-electron chi connectivity index (χ0n) is 9.41. The van der Waals surface area contributed by atoms with Crippen molar-refractivity contribution in [1.29, 1.82) is 0 Å². The lowest BCUT2D eigenvalue weighted by Crippen LogP contribution is -2.58. The second-order valence-electron chi connectivity index (χ2n) is 4.99. The summed E-state index contributed by atoms with van der Waals surface area (Å²) in [5.41, 5.74) is 0. The quantitative estimate of drug-likeness (QED) is 0.482. The molecule has 2 saturated carbocycles. The molecule has 0 bridgehead atoms. The van der Waals surface area contributed by atoms with Crippen LogP contribution in [0.15, 0.2) is 12.7 Å². The molecule has 0 saturated heterocycles. The predicted molar refractivity (Wildman–Crippen MR) is 59.0 cm³/mol. The molecule has 0 aromatic heterocycles. The summed E-state index contributed by atoms with van der Waals surface area (Å²) in [5.74, 6) is 4.88. The number of rotatable bonds is 5. The highest BCUT2D eigenvalue weighted by atomic mass is 16.5. The Balaban J connectivity index is 1.74. The van der Waals surface area contributed by atoms with E-state index in [-0.39, 0.29) is 0 Å². The molecule has 2 rings (SSSR count). The lowest BCUT2D eigenvalue weighted by Gasteiger charge is -2.63. The Bertz CT molecular complexity index is 211. The van der Waals surface area contributed by atoms with Gasteiger partial charge in [-0.2, -0.15) is 0 Å². The molecule has 5 atom stereocenters. The Labute approximate surface area is 87.5 Å². The number of hydrogen-bond acceptors (Lipinski definition) is 1. The SMILES string of the molecule is C=CCOCC1CC2C(C)C(CC)C12. The molecule has 80 valence electrons. The first-order valence-electron chi connectivity index (χ1n) is 5.98. The first-order chi connectivity index (χ1) is 6.79. The minimum Gasteiger partial charge on any atom is -0.377 e. The fourth-order valence-electron chi connectivity index (χ4n) is 3.70. The van der Waals surface area contributed by atoms with Crippen LogP contribution in [-0.4, -0.2) is 13.2 Å². The molecular formula is C13H22O. The van der Waals surface area contributed by atoms with Gasteiger partial charge < -0.3 is 4.74 Å². The van der Waals surface area contributed by atoms with Gasteiger partial charge in [-0.25, -0.2) is 0 Å². The maximum Gasteiger partial charge on any atom is 0.0644 e. The standard InChI is InChI=1S/C13H22O/c1-4-6-14-8-10-7-12-9(3)11(5-2)13(10)12/h4,9-13H,1,5-8H2,2-3H3. The van der Waals surface area contributed by atoms with Crippen LogP contribution in [0.1, 0.15) is 26.7 Å². The summed E-state index contributed by atoms with van der Waals surface area (Å²) in [6.45, 7) is 10.1. The molecule has 2 aliphatic rings. The summed E-state index contributed by atoms with van der Waals surface area (Å²) in [6.07, 6.45) is 4.62. The van der Waals surface area contributed by atoms with Gasteiger partial charge in [-0.15, -0.1) is 6.58 Å². The lowest BCUT2D eigenvalue weighted by atomic mass is 9.42. The van der Waals surface area contributed by atoms with Crippen molar-refractivity contribution < 1.29 is 4.74 Å². The number of hydrogen-bond donors (Lipinski definition) is 0. The van der Waals surface area contributed by atoms with E-state index in [2.05, 4.69) is 20.4 Å². The summed E-state index contributed by atoms with van der Waals surface area (Å²) in [7, 11) is 0. The Morgan fingerprint density at radius 3 is 2.93 bits per heavy atom. The van der Waals surface area contributed by atoms with Crippen LogP contribution in [0.3, 0.4) is 0 Å². The van der Waals surface area contributed by atoms with Gasteiger partial charge in [0.25, 0.3) is 0 Å². The summed E-state index contributed by atoms with van der Waals surface area (Å²) < 4.78 is 5.55. The second-order valence-corrected chi connectivity index (χ2v) is 4.99. The van der Waals surface area contributed by atoms with E-state index >= 15 is 0 Å². The molecular weight excluding hydrogens is 172 g/mol. The first kappa shape index (κ1) is 10.2. The Morgan fingerprint density at radius 1 is 1.50 bits per heavy atom. The molecule has 0 aliphatic heterocycles. The van der Waals surface area contributed by atoms with E-state index in [1.807, 2.05) is 6.08 Å². The van der Waals surface area contributed by atoms with Gasteiger partial charge in [-0.05, 0) is 36.0 Å². The lowest BCUT2D eigenvalue weighted by molar-refractivity contribution is -0.164. The highest BCUT2D eigenvalue weighted by Gasteiger charge is 2.57. The van der Waals surface area contributed by atoms with Crippen LogP contribution in [0, 0.1) is 29.6 Å². The fourth-order valence-corrected chi connectivity index (χ4v) is 3.70. The minimum atomic E-state index is 0.722. The van der Waals surface area contributed by atoms with Crippen molar-refractivity contribution in [3.8, 4) is 0 Å². The molecule has 0 amide bonds. The van der Waals surface area contributed by atoms with Crippen molar-refractivity contribution in [2.75, 3.05) is 13.2 Å². The summed E-state index contributed by atoms with van der Waals surface area (Å²) in [4.78, 5) is 0. The van der Waals surface area contributed by atoms with Crippen molar-refractivity contribution in [2.45, 2.75) is 26.7 Å². The molecule has 0 aromatic carbocycles. The molecule has 2 fully saturated rings. The highest BCUT2D eigenvalue weighted by Crippen LogP contribution is 2.62. The van der Waals surface area contributed by atoms with Gasteiger partial charge >= 0.3 is 0 Å². The normalized spacial score (nSPS) is 44.9. The zero-order valence-corrected chi connectivity index (χ0v) is 9.41. The van der Waals surface area contributed by atoms with Crippen LogP contribution in [0.4, 0.5) is 0 Å². The van der Waals surface area contributed by atoms with E-state index in [0.29, 0.717) is 0 Å². The molecule has 5 unspecified atom stereocenters. The van der Waals surface area contributed by atoms with Crippen LogP contribution in [-0.2, 0) is 4.74 Å². The molecule has 0 radical (unpaired) electrons. The molecule has 14 heavy (non-hydrogen) atoms. The molecule has 0 spiro atoms. The largest absolute Gasteiger partial charge is 0.377 e. The van der Waals surface area contributed by atoms with Crippen LogP contribution < -0.4 is 0 Å². The third-order valence-electron chi connectivity index (χ3n) is 4.50. The maximum absolute atomic E-state index is 5.55. The van der Waals surface area contributed by atoms with Crippen molar-refractivity contribution in [3.63, 3.8) is 0 Å². The van der Waals surface area contributed by atoms with E-state index in [9.17, 15) is 0 Å². The third kappa shape index (κ3) is 1.42. The average molecular weight is 194 g/mol. The van der Waals surface area contributed by atoms with Gasteiger partial charge in [0.2, 0.25) is 0 Å². The first-order valence-corrected chi connectivity index (χ1v) is 5.98. The van der Waals surface area contributed by atoms with Gasteiger partial charge in [-0.1, -0.05) is 26.3 Å². The third-order valence-corrected chi connectivity index (χ3v) is 4.50. The average Bonchev–Trinajstić information content (AvgIpc) is 2.17. The van der Waals surface area contributed by atoms with E-state index in [1.54, 1.807) is 0 Å². The fraction of sp³-hybridized carbons (Fsp3) is 0.846. The van der Waals surface area contributed by atoms with Crippen molar-refractivity contribution in [2.24, 2.45) is 29.6 Å². The van der Waals surface area contributed by atoms with Gasteiger partial charge in [0.1, 0.15) is 0 Å². The molecule has 0 aromatic rings. The van der Waals surface area contributed by atoms with Gasteiger partial charge in [0.15, 0.2) is 0 Å². The predicted octanol–water partition coefficient (Wildman–Crippen LogP) is 3.12. The molecule has 2 aliphatic carbocycles. The maximum atomic E-state index is 5.55. The van der Waals surface area contributed by atoms with E-state index in [1.165, 1.54) is 12.8 Å². The smallest absolute Gasteiger partial charge is 0.0644 e. The van der Waals surface area contributed by atoms with Crippen molar-refractivity contribution in [1.82, 2.24) is 0 Å². The summed E-state index contributed by atoms with van der Waals surface area (Å²) in [6, 6.07) is 0. The van der Waals surface area contributed by atoms with Crippen molar-refractivity contribution in [3.05, 3.63) is 12.7 Å². The van der Waals surface area contributed by atoms with E-state index in [4.69, 9.17) is 4.74 Å². The van der Waals surface area contributed by atoms with Gasteiger partial charge in [0, 0.05) is 0 Å². The zero-order chi connectivity index (χ0) is 10.1. The van der Waals surface area contributed by atoms with Crippen molar-refractivity contribution >= 4 is 0 Å². The number of fused-ring (bicyclic) bond motifs is 1. The van der Waals surface area contributed by atoms with Crippen LogP contribution >= 0.6 is 0 Å². The van der Waals surface area contributed by atoms with E-state index < -0.39 is 0 Å². The summed E-state index contributed by atoms with van der Waals surface area (Å²) >= 11 is 0. The summed E-state index contributed by atoms with van der Waals surface area (Å²) in [5, 5.41) is 0.